The van der Waals surface area contributed by atoms with Gasteiger partial charge >= 0.3 is 0 Å². The third-order valence-corrected chi connectivity index (χ3v) is 3.38. The first-order chi connectivity index (χ1) is 8.63. The molecule has 1 aromatic heterocycles. The van der Waals surface area contributed by atoms with Crippen LogP contribution in [0.1, 0.15) is 5.56 Å². The Morgan fingerprint density at radius 3 is 2.78 bits per heavy atom. The summed E-state index contributed by atoms with van der Waals surface area (Å²) in [5.41, 5.74) is 3.19. The summed E-state index contributed by atoms with van der Waals surface area (Å²) in [6.45, 7) is 1.74. The molecule has 0 aliphatic rings. The molecule has 1 heterocycles. The molecule has 0 unspecified atom stereocenters. The second-order valence-corrected chi connectivity index (χ2v) is 5.13. The van der Waals surface area contributed by atoms with Crippen molar-refractivity contribution in [3.05, 3.63) is 52.3 Å². The molecule has 2 nitrogen and oxygen atoms in total. The van der Waals surface area contributed by atoms with E-state index in [1.807, 2.05) is 24.3 Å². The number of aromatic amines is 1. The van der Waals surface area contributed by atoms with Crippen LogP contribution in [0.25, 0.3) is 22.4 Å². The Labute approximate surface area is 112 Å². The second kappa shape index (κ2) is 4.21. The molecular weight excluding hydrogens is 295 g/mol. The molecule has 18 heavy (non-hydrogen) atoms. The third kappa shape index (κ3) is 1.93. The van der Waals surface area contributed by atoms with Crippen molar-refractivity contribution in [1.82, 2.24) is 9.97 Å². The van der Waals surface area contributed by atoms with E-state index in [-0.39, 0.29) is 5.82 Å². The Morgan fingerprint density at radius 2 is 2.00 bits per heavy atom. The van der Waals surface area contributed by atoms with Crippen molar-refractivity contribution >= 4 is 27.0 Å². The number of nitrogens with one attached hydrogen (secondary N) is 1. The summed E-state index contributed by atoms with van der Waals surface area (Å²) in [5.74, 6) is 0.469. The highest BCUT2D eigenvalue weighted by Gasteiger charge is 2.07. The minimum absolute atomic E-state index is 0.214. The second-order valence-electron chi connectivity index (χ2n) is 4.21. The first-order valence-corrected chi connectivity index (χ1v) is 6.34. The van der Waals surface area contributed by atoms with Gasteiger partial charge in [-0.1, -0.05) is 28.1 Å². The summed E-state index contributed by atoms with van der Waals surface area (Å²) in [6.07, 6.45) is 0. The number of aryl methyl sites for hydroxylation is 1. The van der Waals surface area contributed by atoms with Crippen LogP contribution in [0.3, 0.4) is 0 Å². The Kier molecular flexibility index (Phi) is 2.67. The van der Waals surface area contributed by atoms with Crippen molar-refractivity contribution < 1.29 is 4.39 Å². The van der Waals surface area contributed by atoms with Gasteiger partial charge in [-0.2, -0.15) is 0 Å². The predicted molar refractivity (Wildman–Crippen MR) is 73.9 cm³/mol. The Bertz CT molecular complexity index is 734. The Balaban J connectivity index is 2.16. The van der Waals surface area contributed by atoms with E-state index >= 15 is 0 Å². The van der Waals surface area contributed by atoms with Crippen LogP contribution in [0.4, 0.5) is 4.39 Å². The molecule has 1 N–H and O–H groups in total. The lowest BCUT2D eigenvalue weighted by atomic mass is 10.1. The topological polar surface area (TPSA) is 28.7 Å². The third-order valence-electron chi connectivity index (χ3n) is 2.89. The minimum Gasteiger partial charge on any atom is -0.338 e. The zero-order valence-electron chi connectivity index (χ0n) is 9.67. The van der Waals surface area contributed by atoms with E-state index in [1.54, 1.807) is 13.0 Å². The van der Waals surface area contributed by atoms with E-state index in [2.05, 4.69) is 25.9 Å². The fraction of sp³-hybridized carbons (Fsp3) is 0.0714. The number of imidazole rings is 1. The van der Waals surface area contributed by atoms with Gasteiger partial charge in [0.1, 0.15) is 11.6 Å². The van der Waals surface area contributed by atoms with Gasteiger partial charge in [0.15, 0.2) is 0 Å². The minimum atomic E-state index is -0.214. The normalized spacial score (nSPS) is 11.1. The van der Waals surface area contributed by atoms with Crippen LogP contribution in [-0.2, 0) is 0 Å². The van der Waals surface area contributed by atoms with Crippen LogP contribution in [-0.4, -0.2) is 9.97 Å². The van der Waals surface area contributed by atoms with Crippen molar-refractivity contribution in [3.63, 3.8) is 0 Å². The fourth-order valence-corrected chi connectivity index (χ4v) is 2.22. The van der Waals surface area contributed by atoms with E-state index in [0.29, 0.717) is 11.4 Å². The van der Waals surface area contributed by atoms with Crippen LogP contribution in [0.15, 0.2) is 40.9 Å². The monoisotopic (exact) mass is 304 g/mol. The number of hydrogen-bond donors (Lipinski definition) is 1. The molecule has 3 rings (SSSR count). The molecule has 0 aliphatic heterocycles. The molecule has 0 atom stereocenters. The number of halogens is 2. The van der Waals surface area contributed by atoms with Crippen LogP contribution in [0, 0.1) is 12.7 Å². The first kappa shape index (κ1) is 11.4. The summed E-state index contributed by atoms with van der Waals surface area (Å²) in [5, 5.41) is 0. The quantitative estimate of drug-likeness (QED) is 0.707. The van der Waals surface area contributed by atoms with Gasteiger partial charge in [0.2, 0.25) is 0 Å². The van der Waals surface area contributed by atoms with Crippen LogP contribution >= 0.6 is 15.9 Å². The SMILES string of the molecule is Cc1ccc(-c2nc3ccc(Br)cc3[nH]2)cc1F. The number of H-pyrrole nitrogens is 1. The van der Waals surface area contributed by atoms with E-state index < -0.39 is 0 Å². The van der Waals surface area contributed by atoms with Gasteiger partial charge in [-0.15, -0.1) is 0 Å². The number of rotatable bonds is 1. The van der Waals surface area contributed by atoms with Gasteiger partial charge < -0.3 is 4.98 Å². The summed E-state index contributed by atoms with van der Waals surface area (Å²) in [6, 6.07) is 10.9. The smallest absolute Gasteiger partial charge is 0.138 e. The molecule has 0 aliphatic carbocycles. The summed E-state index contributed by atoms with van der Waals surface area (Å²) < 4.78 is 14.5. The lowest BCUT2D eigenvalue weighted by Crippen LogP contribution is -1.85. The molecular formula is C14H10BrFN2. The molecule has 90 valence electrons. The van der Waals surface area contributed by atoms with Gasteiger partial charge in [0.05, 0.1) is 11.0 Å². The zero-order chi connectivity index (χ0) is 12.7. The highest BCUT2D eigenvalue weighted by Crippen LogP contribution is 2.24. The van der Waals surface area contributed by atoms with Gasteiger partial charge in [-0.05, 0) is 36.8 Å². The molecule has 4 heteroatoms. The highest BCUT2D eigenvalue weighted by atomic mass is 79.9. The summed E-state index contributed by atoms with van der Waals surface area (Å²) in [7, 11) is 0. The Hall–Kier alpha value is -1.68. The predicted octanol–water partition coefficient (Wildman–Crippen LogP) is 4.44. The zero-order valence-corrected chi connectivity index (χ0v) is 11.3. The van der Waals surface area contributed by atoms with E-state index in [1.165, 1.54) is 6.07 Å². The molecule has 0 spiro atoms. The molecule has 0 saturated heterocycles. The van der Waals surface area contributed by atoms with Gasteiger partial charge in [-0.25, -0.2) is 9.37 Å². The van der Waals surface area contributed by atoms with Crippen molar-refractivity contribution in [3.8, 4) is 11.4 Å². The molecule has 2 aromatic carbocycles. The standard InChI is InChI=1S/C14H10BrFN2/c1-8-2-3-9(6-11(8)16)14-17-12-5-4-10(15)7-13(12)18-14/h2-7H,1H3,(H,17,18). The van der Waals surface area contributed by atoms with Crippen molar-refractivity contribution in [2.45, 2.75) is 6.92 Å². The van der Waals surface area contributed by atoms with Crippen molar-refractivity contribution in [2.24, 2.45) is 0 Å². The average molecular weight is 305 g/mol. The van der Waals surface area contributed by atoms with Crippen molar-refractivity contribution in [2.75, 3.05) is 0 Å². The van der Waals surface area contributed by atoms with Crippen LogP contribution < -0.4 is 0 Å². The molecule has 0 fully saturated rings. The van der Waals surface area contributed by atoms with Crippen LogP contribution in [0.5, 0.6) is 0 Å². The number of nitrogens with zero attached hydrogens (tertiary/aromatic N) is 1. The average Bonchev–Trinajstić information content (AvgIpc) is 2.75. The van der Waals surface area contributed by atoms with Gasteiger partial charge in [-0.3, -0.25) is 0 Å². The first-order valence-electron chi connectivity index (χ1n) is 5.55. The number of fused-ring (bicyclic) bond motifs is 1. The van der Waals surface area contributed by atoms with Crippen LogP contribution in [0.2, 0.25) is 0 Å². The van der Waals surface area contributed by atoms with Crippen molar-refractivity contribution in [1.29, 1.82) is 0 Å². The molecule has 0 saturated carbocycles. The maximum absolute atomic E-state index is 13.5. The largest absolute Gasteiger partial charge is 0.338 e. The lowest BCUT2D eigenvalue weighted by Gasteiger charge is -1.99. The van der Waals surface area contributed by atoms with E-state index in [0.717, 1.165) is 21.1 Å². The molecule has 0 radical (unpaired) electrons. The van der Waals surface area contributed by atoms with E-state index in [4.69, 9.17) is 0 Å². The van der Waals surface area contributed by atoms with E-state index in [9.17, 15) is 4.39 Å². The number of benzene rings is 2. The maximum Gasteiger partial charge on any atom is 0.138 e. The Morgan fingerprint density at radius 1 is 1.17 bits per heavy atom. The molecule has 0 bridgehead atoms. The van der Waals surface area contributed by atoms with Gasteiger partial charge in [0, 0.05) is 10.0 Å². The molecule has 3 aromatic rings. The number of aromatic nitrogens is 2. The summed E-state index contributed by atoms with van der Waals surface area (Å²) >= 11 is 3.41. The number of hydrogen-bond acceptors (Lipinski definition) is 1. The highest BCUT2D eigenvalue weighted by molar-refractivity contribution is 9.10. The lowest BCUT2D eigenvalue weighted by molar-refractivity contribution is 0.619. The fourth-order valence-electron chi connectivity index (χ4n) is 1.86. The summed E-state index contributed by atoms with van der Waals surface area (Å²) in [4.78, 5) is 7.64. The maximum atomic E-state index is 13.5. The van der Waals surface area contributed by atoms with Gasteiger partial charge in [0.25, 0.3) is 0 Å². The molecule has 0 amide bonds.